The van der Waals surface area contributed by atoms with E-state index in [-0.39, 0.29) is 18.4 Å². The van der Waals surface area contributed by atoms with Crippen molar-refractivity contribution in [2.45, 2.75) is 19.4 Å². The number of aromatic nitrogens is 1. The highest BCUT2D eigenvalue weighted by molar-refractivity contribution is 6.30. The summed E-state index contributed by atoms with van der Waals surface area (Å²) in [5.41, 5.74) is 1.76. The monoisotopic (exact) mass is 349 g/mol. The van der Waals surface area contributed by atoms with Gasteiger partial charge in [0.05, 0.1) is 23.5 Å². The van der Waals surface area contributed by atoms with Crippen molar-refractivity contribution in [3.63, 3.8) is 0 Å². The minimum Gasteiger partial charge on any atom is -0.492 e. The Balaban J connectivity index is 2.28. The number of ether oxygens (including phenoxy) is 1. The maximum absolute atomic E-state index is 11.4. The topological polar surface area (TPSA) is 63.2 Å². The maximum Gasteiger partial charge on any atom is 0.257 e. The van der Waals surface area contributed by atoms with Gasteiger partial charge in [0.25, 0.3) is 5.91 Å². The average molecular weight is 350 g/mol. The van der Waals surface area contributed by atoms with Crippen LogP contribution in [0.4, 0.5) is 0 Å². The number of hydrogen-bond donors (Lipinski definition) is 2. The predicted molar refractivity (Wildman–Crippen MR) is 97.3 cm³/mol. The molecule has 0 saturated carbocycles. The molecule has 0 saturated heterocycles. The SMILES string of the molecule is C=COCC(=O)NCCCC(C=C)C(=C)NCc1ccc(Cl)cn1. The fourth-order valence-corrected chi connectivity index (χ4v) is 2.13. The summed E-state index contributed by atoms with van der Waals surface area (Å²) in [7, 11) is 0. The molecule has 1 amide bonds. The highest BCUT2D eigenvalue weighted by atomic mass is 35.5. The van der Waals surface area contributed by atoms with Crippen LogP contribution in [0.25, 0.3) is 0 Å². The lowest BCUT2D eigenvalue weighted by atomic mass is 10.00. The number of hydrogen-bond acceptors (Lipinski definition) is 4. The molecule has 1 aromatic rings. The van der Waals surface area contributed by atoms with Gasteiger partial charge in [0.2, 0.25) is 0 Å². The molecule has 0 fully saturated rings. The summed E-state index contributed by atoms with van der Waals surface area (Å²) in [6.45, 7) is 12.4. The first-order chi connectivity index (χ1) is 11.6. The van der Waals surface area contributed by atoms with Crippen molar-refractivity contribution in [3.8, 4) is 0 Å². The largest absolute Gasteiger partial charge is 0.492 e. The number of allylic oxidation sites excluding steroid dienone is 1. The van der Waals surface area contributed by atoms with Crippen molar-refractivity contribution >= 4 is 17.5 Å². The van der Waals surface area contributed by atoms with Crippen molar-refractivity contribution in [1.29, 1.82) is 0 Å². The van der Waals surface area contributed by atoms with Gasteiger partial charge in [-0.1, -0.05) is 30.8 Å². The maximum atomic E-state index is 11.4. The Morgan fingerprint density at radius 3 is 2.79 bits per heavy atom. The smallest absolute Gasteiger partial charge is 0.257 e. The van der Waals surface area contributed by atoms with E-state index in [9.17, 15) is 4.79 Å². The van der Waals surface area contributed by atoms with Crippen LogP contribution < -0.4 is 10.6 Å². The fourth-order valence-electron chi connectivity index (χ4n) is 2.02. The molecule has 1 aromatic heterocycles. The predicted octanol–water partition coefficient (Wildman–Crippen LogP) is 3.20. The number of pyridine rings is 1. The zero-order valence-electron chi connectivity index (χ0n) is 13.8. The van der Waals surface area contributed by atoms with Crippen LogP contribution in [0.15, 0.2) is 56.1 Å². The molecule has 1 rings (SSSR count). The molecule has 130 valence electrons. The third-order valence-corrected chi connectivity index (χ3v) is 3.59. The van der Waals surface area contributed by atoms with Gasteiger partial charge in [-0.05, 0) is 25.0 Å². The van der Waals surface area contributed by atoms with Gasteiger partial charge in [-0.25, -0.2) is 0 Å². The number of carbonyl (C=O) groups is 1. The van der Waals surface area contributed by atoms with E-state index in [4.69, 9.17) is 16.3 Å². The van der Waals surface area contributed by atoms with Crippen LogP contribution >= 0.6 is 11.6 Å². The van der Waals surface area contributed by atoms with Crippen molar-refractivity contribution in [1.82, 2.24) is 15.6 Å². The summed E-state index contributed by atoms with van der Waals surface area (Å²) in [6, 6.07) is 3.67. The zero-order valence-corrected chi connectivity index (χ0v) is 14.5. The summed E-state index contributed by atoms with van der Waals surface area (Å²) in [5, 5.41) is 6.65. The van der Waals surface area contributed by atoms with Crippen LogP contribution in [-0.4, -0.2) is 24.0 Å². The lowest BCUT2D eigenvalue weighted by Gasteiger charge is -2.17. The van der Waals surface area contributed by atoms with Gasteiger partial charge < -0.3 is 15.4 Å². The van der Waals surface area contributed by atoms with E-state index in [1.807, 2.05) is 12.1 Å². The van der Waals surface area contributed by atoms with E-state index in [2.05, 4.69) is 35.4 Å². The molecule has 2 N–H and O–H groups in total. The Labute approximate surface area is 148 Å². The van der Waals surface area contributed by atoms with Crippen molar-refractivity contribution in [2.75, 3.05) is 13.2 Å². The lowest BCUT2D eigenvalue weighted by molar-refractivity contribution is -0.124. The number of nitrogens with one attached hydrogen (secondary N) is 2. The molecule has 0 radical (unpaired) electrons. The molecule has 24 heavy (non-hydrogen) atoms. The molecule has 1 unspecified atom stereocenters. The van der Waals surface area contributed by atoms with Gasteiger partial charge in [-0.15, -0.1) is 6.58 Å². The van der Waals surface area contributed by atoms with Crippen LogP contribution in [0.2, 0.25) is 5.02 Å². The van der Waals surface area contributed by atoms with E-state index in [1.54, 1.807) is 12.3 Å². The number of carbonyl (C=O) groups excluding carboxylic acids is 1. The highest BCUT2D eigenvalue weighted by Gasteiger charge is 2.09. The van der Waals surface area contributed by atoms with E-state index < -0.39 is 0 Å². The van der Waals surface area contributed by atoms with Gasteiger partial charge in [-0.3, -0.25) is 9.78 Å². The summed E-state index contributed by atoms with van der Waals surface area (Å²) in [6.07, 6.45) is 6.37. The van der Waals surface area contributed by atoms with Crippen molar-refractivity contribution < 1.29 is 9.53 Å². The Morgan fingerprint density at radius 2 is 2.17 bits per heavy atom. The van der Waals surface area contributed by atoms with E-state index >= 15 is 0 Å². The number of rotatable bonds is 12. The van der Waals surface area contributed by atoms with E-state index in [0.717, 1.165) is 24.2 Å². The van der Waals surface area contributed by atoms with Crippen molar-refractivity contribution in [3.05, 3.63) is 66.8 Å². The van der Waals surface area contributed by atoms with Crippen LogP contribution in [0.3, 0.4) is 0 Å². The molecule has 0 spiro atoms. The Bertz CT molecular complexity index is 558. The molecule has 1 heterocycles. The number of halogens is 1. The number of amides is 1. The van der Waals surface area contributed by atoms with Gasteiger partial charge in [-0.2, -0.15) is 0 Å². The summed E-state index contributed by atoms with van der Waals surface area (Å²) >= 11 is 5.81. The first-order valence-electron chi connectivity index (χ1n) is 7.71. The first kappa shape index (κ1) is 19.8. The molecular weight excluding hydrogens is 326 g/mol. The summed E-state index contributed by atoms with van der Waals surface area (Å²) in [4.78, 5) is 15.6. The highest BCUT2D eigenvalue weighted by Crippen LogP contribution is 2.15. The molecule has 0 aliphatic rings. The number of nitrogens with zero attached hydrogens (tertiary/aromatic N) is 1. The fraction of sp³-hybridized carbons (Fsp3) is 0.333. The van der Waals surface area contributed by atoms with Crippen LogP contribution in [0, 0.1) is 5.92 Å². The molecular formula is C18H24ClN3O2. The van der Waals surface area contributed by atoms with Crippen LogP contribution in [0.5, 0.6) is 0 Å². The second-order valence-corrected chi connectivity index (χ2v) is 5.60. The van der Waals surface area contributed by atoms with Gasteiger partial charge in [0, 0.05) is 24.4 Å². The zero-order chi connectivity index (χ0) is 17.8. The summed E-state index contributed by atoms with van der Waals surface area (Å²) in [5.74, 6) is -0.0329. The van der Waals surface area contributed by atoms with Crippen molar-refractivity contribution in [2.24, 2.45) is 5.92 Å². The minimum absolute atomic E-state index is 0.00323. The second kappa shape index (κ2) is 11.3. The molecule has 0 aliphatic heterocycles. The quantitative estimate of drug-likeness (QED) is 0.345. The second-order valence-electron chi connectivity index (χ2n) is 5.16. The minimum atomic E-state index is -0.157. The van der Waals surface area contributed by atoms with Crippen LogP contribution in [0.1, 0.15) is 18.5 Å². The molecule has 0 bridgehead atoms. The third-order valence-electron chi connectivity index (χ3n) is 3.36. The Hall–Kier alpha value is -2.27. The lowest BCUT2D eigenvalue weighted by Crippen LogP contribution is -2.28. The molecule has 0 aliphatic carbocycles. The normalized spacial score (nSPS) is 11.2. The summed E-state index contributed by atoms with van der Waals surface area (Å²) < 4.78 is 4.81. The Kier molecular flexibility index (Phi) is 9.31. The molecule has 0 aromatic carbocycles. The first-order valence-corrected chi connectivity index (χ1v) is 8.09. The molecule has 5 nitrogen and oxygen atoms in total. The third kappa shape index (κ3) is 7.83. The van der Waals surface area contributed by atoms with Gasteiger partial charge in [0.15, 0.2) is 6.61 Å². The molecule has 6 heteroatoms. The van der Waals surface area contributed by atoms with E-state index in [1.165, 1.54) is 6.26 Å². The average Bonchev–Trinajstić information content (AvgIpc) is 2.59. The van der Waals surface area contributed by atoms with E-state index in [0.29, 0.717) is 18.1 Å². The Morgan fingerprint density at radius 1 is 1.38 bits per heavy atom. The standard InChI is InChI=1S/C18H24ClN3O2/c1-4-15(7-6-10-20-18(23)13-24-5-2)14(3)21-12-17-9-8-16(19)11-22-17/h4-5,8-9,11,15,21H,1-3,6-7,10,12-13H2,(H,20,23). The molecule has 1 atom stereocenters. The van der Waals surface area contributed by atoms with Crippen LogP contribution in [-0.2, 0) is 16.1 Å². The van der Waals surface area contributed by atoms with Gasteiger partial charge >= 0.3 is 0 Å². The van der Waals surface area contributed by atoms with Gasteiger partial charge in [0.1, 0.15) is 0 Å².